The molecule has 0 aromatic heterocycles. The Bertz CT molecular complexity index is 150. The second kappa shape index (κ2) is 8.97. The molecule has 0 aliphatic carbocycles. The molecule has 1 atom stereocenters. The predicted octanol–water partition coefficient (Wildman–Crippen LogP) is 0.992. The summed E-state index contributed by atoms with van der Waals surface area (Å²) in [7, 11) is 0. The highest BCUT2D eigenvalue weighted by atomic mass is 16.4. The molecule has 0 saturated heterocycles. The SMILES string of the molecule is CC(CCCO)NCCCCC(=O)O. The average molecular weight is 203 g/mol. The van der Waals surface area contributed by atoms with Crippen LogP contribution in [0.15, 0.2) is 0 Å². The number of carboxylic acids is 1. The van der Waals surface area contributed by atoms with Gasteiger partial charge in [0.2, 0.25) is 0 Å². The van der Waals surface area contributed by atoms with E-state index in [1.165, 1.54) is 0 Å². The van der Waals surface area contributed by atoms with Gasteiger partial charge in [0.05, 0.1) is 0 Å². The lowest BCUT2D eigenvalue weighted by atomic mass is 10.2. The summed E-state index contributed by atoms with van der Waals surface area (Å²) in [5, 5.41) is 20.3. The lowest BCUT2D eigenvalue weighted by Crippen LogP contribution is -2.27. The number of unbranched alkanes of at least 4 members (excludes halogenated alkanes) is 1. The molecule has 3 N–H and O–H groups in total. The van der Waals surface area contributed by atoms with Gasteiger partial charge in [-0.25, -0.2) is 0 Å². The van der Waals surface area contributed by atoms with Crippen molar-refractivity contribution in [3.8, 4) is 0 Å². The van der Waals surface area contributed by atoms with Crippen LogP contribution >= 0.6 is 0 Å². The molecule has 0 saturated carbocycles. The fourth-order valence-corrected chi connectivity index (χ4v) is 1.25. The lowest BCUT2D eigenvalue weighted by Gasteiger charge is -2.12. The van der Waals surface area contributed by atoms with Gasteiger partial charge in [-0.1, -0.05) is 0 Å². The Morgan fingerprint density at radius 1 is 1.36 bits per heavy atom. The minimum Gasteiger partial charge on any atom is -0.481 e. The van der Waals surface area contributed by atoms with Gasteiger partial charge in [0.15, 0.2) is 0 Å². The fourth-order valence-electron chi connectivity index (χ4n) is 1.25. The van der Waals surface area contributed by atoms with Gasteiger partial charge in [0.25, 0.3) is 0 Å². The van der Waals surface area contributed by atoms with Crippen LogP contribution in [0.3, 0.4) is 0 Å². The molecule has 0 heterocycles. The Morgan fingerprint density at radius 2 is 2.07 bits per heavy atom. The van der Waals surface area contributed by atoms with E-state index in [9.17, 15) is 4.79 Å². The maximum atomic E-state index is 10.2. The van der Waals surface area contributed by atoms with Crippen molar-refractivity contribution in [2.45, 2.75) is 45.1 Å². The first-order valence-corrected chi connectivity index (χ1v) is 5.23. The number of aliphatic hydroxyl groups is 1. The van der Waals surface area contributed by atoms with Crippen molar-refractivity contribution in [3.63, 3.8) is 0 Å². The zero-order chi connectivity index (χ0) is 10.8. The first-order chi connectivity index (χ1) is 6.66. The van der Waals surface area contributed by atoms with Crippen LogP contribution in [-0.2, 0) is 4.79 Å². The normalized spacial score (nSPS) is 12.7. The summed E-state index contributed by atoms with van der Waals surface area (Å²) < 4.78 is 0. The summed E-state index contributed by atoms with van der Waals surface area (Å²) >= 11 is 0. The van der Waals surface area contributed by atoms with Gasteiger partial charge in [-0.3, -0.25) is 4.79 Å². The topological polar surface area (TPSA) is 69.6 Å². The van der Waals surface area contributed by atoms with E-state index in [0.29, 0.717) is 6.04 Å². The van der Waals surface area contributed by atoms with E-state index in [2.05, 4.69) is 12.2 Å². The van der Waals surface area contributed by atoms with E-state index in [1.54, 1.807) is 0 Å². The van der Waals surface area contributed by atoms with E-state index >= 15 is 0 Å². The quantitative estimate of drug-likeness (QED) is 0.489. The standard InChI is InChI=1S/C10H21NO3/c1-9(5-4-8-12)11-7-3-2-6-10(13)14/h9,11-12H,2-8H2,1H3,(H,13,14). The molecular weight excluding hydrogens is 182 g/mol. The molecule has 0 radical (unpaired) electrons. The van der Waals surface area contributed by atoms with Crippen LogP contribution in [0.2, 0.25) is 0 Å². The summed E-state index contributed by atoms with van der Waals surface area (Å²) in [6.07, 6.45) is 3.68. The van der Waals surface area contributed by atoms with Crippen LogP contribution in [0.1, 0.15) is 39.0 Å². The zero-order valence-electron chi connectivity index (χ0n) is 8.83. The number of hydrogen-bond donors (Lipinski definition) is 3. The number of nitrogens with one attached hydrogen (secondary N) is 1. The number of carbonyl (C=O) groups is 1. The molecule has 0 spiro atoms. The molecule has 0 aromatic carbocycles. The molecule has 0 bridgehead atoms. The third kappa shape index (κ3) is 9.48. The largest absolute Gasteiger partial charge is 0.481 e. The maximum Gasteiger partial charge on any atom is 0.303 e. The third-order valence-electron chi connectivity index (χ3n) is 2.11. The monoisotopic (exact) mass is 203 g/mol. The van der Waals surface area contributed by atoms with Gasteiger partial charge in [-0.05, 0) is 39.2 Å². The maximum absolute atomic E-state index is 10.2. The summed E-state index contributed by atoms with van der Waals surface area (Å²) in [4.78, 5) is 10.2. The molecule has 0 fully saturated rings. The molecular formula is C10H21NO3. The predicted molar refractivity (Wildman–Crippen MR) is 55.3 cm³/mol. The summed E-state index contributed by atoms with van der Waals surface area (Å²) in [6.45, 7) is 3.18. The molecule has 0 amide bonds. The van der Waals surface area contributed by atoms with Crippen molar-refractivity contribution >= 4 is 5.97 Å². The minimum absolute atomic E-state index is 0.241. The first kappa shape index (κ1) is 13.4. The summed E-state index contributed by atoms with van der Waals surface area (Å²) in [5.74, 6) is -0.724. The number of aliphatic hydroxyl groups excluding tert-OH is 1. The number of rotatable bonds is 9. The van der Waals surface area contributed by atoms with Crippen LogP contribution < -0.4 is 5.32 Å². The molecule has 14 heavy (non-hydrogen) atoms. The van der Waals surface area contributed by atoms with E-state index in [1.807, 2.05) is 0 Å². The second-order valence-corrected chi connectivity index (χ2v) is 3.57. The Morgan fingerprint density at radius 3 is 2.64 bits per heavy atom. The Kier molecular flexibility index (Phi) is 8.57. The molecule has 4 heteroatoms. The summed E-state index contributed by atoms with van der Waals surface area (Å²) in [5.41, 5.74) is 0. The second-order valence-electron chi connectivity index (χ2n) is 3.57. The highest BCUT2D eigenvalue weighted by molar-refractivity contribution is 5.66. The summed E-state index contributed by atoms with van der Waals surface area (Å²) in [6, 6.07) is 0.409. The van der Waals surface area contributed by atoms with Crippen molar-refractivity contribution in [1.82, 2.24) is 5.32 Å². The average Bonchev–Trinajstić information content (AvgIpc) is 2.13. The number of hydrogen-bond acceptors (Lipinski definition) is 3. The third-order valence-corrected chi connectivity index (χ3v) is 2.11. The Labute approximate surface area is 85.3 Å². The molecule has 0 aromatic rings. The van der Waals surface area contributed by atoms with Crippen LogP contribution in [0, 0.1) is 0 Å². The Balaban J connectivity index is 3.14. The van der Waals surface area contributed by atoms with Crippen molar-refractivity contribution in [1.29, 1.82) is 0 Å². The van der Waals surface area contributed by atoms with Gasteiger partial charge in [-0.15, -0.1) is 0 Å². The van der Waals surface area contributed by atoms with E-state index < -0.39 is 5.97 Å². The minimum atomic E-state index is -0.724. The number of aliphatic carboxylic acids is 1. The van der Waals surface area contributed by atoms with E-state index in [4.69, 9.17) is 10.2 Å². The van der Waals surface area contributed by atoms with Crippen molar-refractivity contribution in [3.05, 3.63) is 0 Å². The van der Waals surface area contributed by atoms with Gasteiger partial charge >= 0.3 is 5.97 Å². The van der Waals surface area contributed by atoms with Gasteiger partial charge in [0, 0.05) is 19.1 Å². The number of carboxylic acid groups (broad SMARTS) is 1. The van der Waals surface area contributed by atoms with Gasteiger partial charge in [-0.2, -0.15) is 0 Å². The zero-order valence-corrected chi connectivity index (χ0v) is 8.83. The van der Waals surface area contributed by atoms with Crippen LogP contribution in [0.5, 0.6) is 0 Å². The van der Waals surface area contributed by atoms with E-state index in [-0.39, 0.29) is 13.0 Å². The fraction of sp³-hybridized carbons (Fsp3) is 0.900. The smallest absolute Gasteiger partial charge is 0.303 e. The lowest BCUT2D eigenvalue weighted by molar-refractivity contribution is -0.137. The van der Waals surface area contributed by atoms with Crippen molar-refractivity contribution in [2.24, 2.45) is 0 Å². The molecule has 4 nitrogen and oxygen atoms in total. The van der Waals surface area contributed by atoms with Crippen LogP contribution in [0.4, 0.5) is 0 Å². The first-order valence-electron chi connectivity index (χ1n) is 5.23. The van der Waals surface area contributed by atoms with Gasteiger partial charge < -0.3 is 15.5 Å². The van der Waals surface area contributed by atoms with Crippen molar-refractivity contribution < 1.29 is 15.0 Å². The van der Waals surface area contributed by atoms with Gasteiger partial charge in [0.1, 0.15) is 0 Å². The van der Waals surface area contributed by atoms with Crippen LogP contribution in [0.25, 0.3) is 0 Å². The Hall–Kier alpha value is -0.610. The highest BCUT2D eigenvalue weighted by Crippen LogP contribution is 1.97. The molecule has 0 aliphatic heterocycles. The van der Waals surface area contributed by atoms with Crippen LogP contribution in [-0.4, -0.2) is 35.4 Å². The van der Waals surface area contributed by atoms with E-state index in [0.717, 1.165) is 32.2 Å². The molecule has 0 aliphatic rings. The highest BCUT2D eigenvalue weighted by Gasteiger charge is 2.00. The molecule has 0 rings (SSSR count). The van der Waals surface area contributed by atoms with Crippen molar-refractivity contribution in [2.75, 3.05) is 13.2 Å². The molecule has 84 valence electrons. The molecule has 1 unspecified atom stereocenters.